The molecule has 35 heavy (non-hydrogen) atoms. The van der Waals surface area contributed by atoms with Crippen molar-refractivity contribution in [1.29, 1.82) is 0 Å². The molecule has 0 bridgehead atoms. The SMILES string of the molecule is CCc1nnc(-c2cc(NS(=O)(=O)c3ccc(C(F)(F)F)cc3)ccc2Oc2cncc(Cl)c2)o1. The summed E-state index contributed by atoms with van der Waals surface area (Å²) in [6, 6.07) is 8.96. The van der Waals surface area contributed by atoms with Crippen LogP contribution in [0.5, 0.6) is 11.5 Å². The summed E-state index contributed by atoms with van der Waals surface area (Å²) in [5, 5.41) is 8.24. The summed E-state index contributed by atoms with van der Waals surface area (Å²) >= 11 is 5.96. The van der Waals surface area contributed by atoms with Crippen molar-refractivity contribution < 1.29 is 30.7 Å². The van der Waals surface area contributed by atoms with Gasteiger partial charge in [0.05, 0.1) is 27.2 Å². The van der Waals surface area contributed by atoms with E-state index >= 15 is 0 Å². The minimum Gasteiger partial charge on any atom is -0.455 e. The van der Waals surface area contributed by atoms with Gasteiger partial charge in [-0.3, -0.25) is 9.71 Å². The standard InChI is InChI=1S/C22H16ClF3N4O4S/c1-2-20-28-29-21(34-20)18-10-15(5-8-19(18)33-16-9-14(23)11-27-12-16)30-35(31,32)17-6-3-13(4-7-17)22(24,25)26/h3-12,30H,2H2,1H3. The second kappa shape index (κ2) is 9.55. The minimum atomic E-state index is -4.58. The van der Waals surface area contributed by atoms with Gasteiger partial charge in [0.15, 0.2) is 0 Å². The number of nitrogens with zero attached hydrogens (tertiary/aromatic N) is 3. The first-order chi connectivity index (χ1) is 16.5. The fourth-order valence-corrected chi connectivity index (χ4v) is 4.18. The Kier molecular flexibility index (Phi) is 6.68. The van der Waals surface area contributed by atoms with E-state index in [9.17, 15) is 21.6 Å². The molecule has 0 spiro atoms. The summed E-state index contributed by atoms with van der Waals surface area (Å²) in [6.07, 6.45) is -1.25. The molecule has 0 saturated carbocycles. The molecule has 182 valence electrons. The number of pyridine rings is 1. The van der Waals surface area contributed by atoms with Crippen LogP contribution in [0.1, 0.15) is 18.4 Å². The van der Waals surface area contributed by atoms with Gasteiger partial charge < -0.3 is 9.15 Å². The summed E-state index contributed by atoms with van der Waals surface area (Å²) in [5.74, 6) is 0.985. The molecule has 0 aliphatic carbocycles. The third kappa shape index (κ3) is 5.72. The zero-order valence-corrected chi connectivity index (χ0v) is 19.4. The molecule has 4 rings (SSSR count). The van der Waals surface area contributed by atoms with Crippen molar-refractivity contribution >= 4 is 27.3 Å². The van der Waals surface area contributed by atoms with E-state index in [1.165, 1.54) is 36.7 Å². The van der Waals surface area contributed by atoms with E-state index in [0.717, 1.165) is 12.1 Å². The molecule has 1 N–H and O–H groups in total. The van der Waals surface area contributed by atoms with Crippen molar-refractivity contribution in [2.45, 2.75) is 24.4 Å². The maximum atomic E-state index is 12.8. The molecular weight excluding hydrogens is 509 g/mol. The molecule has 8 nitrogen and oxygen atoms in total. The Morgan fingerprint density at radius 1 is 1.06 bits per heavy atom. The van der Waals surface area contributed by atoms with Crippen molar-refractivity contribution in [3.05, 3.63) is 77.4 Å². The van der Waals surface area contributed by atoms with Crippen molar-refractivity contribution in [1.82, 2.24) is 15.2 Å². The molecule has 0 aliphatic rings. The number of sulfonamides is 1. The number of alkyl halides is 3. The number of hydrogen-bond donors (Lipinski definition) is 1. The van der Waals surface area contributed by atoms with E-state index in [-0.39, 0.29) is 27.8 Å². The zero-order chi connectivity index (χ0) is 25.2. The molecule has 0 amide bonds. The first kappa shape index (κ1) is 24.5. The van der Waals surface area contributed by atoms with Gasteiger partial charge in [-0.15, -0.1) is 10.2 Å². The van der Waals surface area contributed by atoms with E-state index in [2.05, 4.69) is 19.9 Å². The average molecular weight is 525 g/mol. The molecule has 0 aliphatic heterocycles. The Balaban J connectivity index is 1.68. The van der Waals surface area contributed by atoms with Crippen LogP contribution in [0.3, 0.4) is 0 Å². The van der Waals surface area contributed by atoms with Crippen LogP contribution in [0.2, 0.25) is 5.02 Å². The highest BCUT2D eigenvalue weighted by molar-refractivity contribution is 7.92. The lowest BCUT2D eigenvalue weighted by Gasteiger charge is -2.13. The Hall–Kier alpha value is -3.64. The Morgan fingerprint density at radius 3 is 2.43 bits per heavy atom. The minimum absolute atomic E-state index is 0.0717. The fourth-order valence-electron chi connectivity index (χ4n) is 2.97. The Morgan fingerprint density at radius 2 is 1.80 bits per heavy atom. The van der Waals surface area contributed by atoms with Crippen molar-refractivity contribution in [2.24, 2.45) is 0 Å². The molecule has 0 radical (unpaired) electrons. The number of ether oxygens (including phenoxy) is 1. The fraction of sp³-hybridized carbons (Fsp3) is 0.136. The normalized spacial score (nSPS) is 11.9. The van der Waals surface area contributed by atoms with Gasteiger partial charge in [0.25, 0.3) is 15.9 Å². The second-order valence-corrected chi connectivity index (χ2v) is 9.25. The van der Waals surface area contributed by atoms with Gasteiger partial charge in [-0.25, -0.2) is 8.42 Å². The molecule has 2 heterocycles. The van der Waals surface area contributed by atoms with Crippen LogP contribution in [0.25, 0.3) is 11.5 Å². The first-order valence-corrected chi connectivity index (χ1v) is 11.9. The molecule has 4 aromatic rings. The number of aryl methyl sites for hydroxylation is 1. The van der Waals surface area contributed by atoms with Crippen LogP contribution in [0.15, 0.2) is 70.2 Å². The number of rotatable bonds is 7. The van der Waals surface area contributed by atoms with E-state index in [1.54, 1.807) is 0 Å². The summed E-state index contributed by atoms with van der Waals surface area (Å²) in [5.41, 5.74) is -0.601. The van der Waals surface area contributed by atoms with E-state index < -0.39 is 21.8 Å². The number of anilines is 1. The quantitative estimate of drug-likeness (QED) is 0.318. The van der Waals surface area contributed by atoms with Gasteiger partial charge in [-0.05, 0) is 42.5 Å². The lowest BCUT2D eigenvalue weighted by atomic mass is 10.2. The first-order valence-electron chi connectivity index (χ1n) is 10.0. The number of hydrogen-bond acceptors (Lipinski definition) is 7. The topological polar surface area (TPSA) is 107 Å². The molecule has 2 aromatic heterocycles. The Labute approximate surface area is 202 Å². The monoisotopic (exact) mass is 524 g/mol. The van der Waals surface area contributed by atoms with Gasteiger partial charge in [0, 0.05) is 24.4 Å². The van der Waals surface area contributed by atoms with Crippen LogP contribution < -0.4 is 9.46 Å². The van der Waals surface area contributed by atoms with Gasteiger partial charge in [0.2, 0.25) is 5.89 Å². The highest BCUT2D eigenvalue weighted by Crippen LogP contribution is 2.36. The number of aromatic nitrogens is 3. The molecular formula is C22H16ClF3N4O4S. The van der Waals surface area contributed by atoms with Crippen LogP contribution in [-0.4, -0.2) is 23.6 Å². The van der Waals surface area contributed by atoms with E-state index in [4.69, 9.17) is 20.8 Å². The molecule has 0 saturated heterocycles. The Bertz CT molecular complexity index is 1460. The van der Waals surface area contributed by atoms with Crippen LogP contribution in [0.4, 0.5) is 18.9 Å². The highest BCUT2D eigenvalue weighted by Gasteiger charge is 2.30. The number of nitrogens with one attached hydrogen (secondary N) is 1. The molecule has 2 aromatic carbocycles. The van der Waals surface area contributed by atoms with E-state index in [1.807, 2.05) is 6.92 Å². The lowest BCUT2D eigenvalue weighted by molar-refractivity contribution is -0.137. The zero-order valence-electron chi connectivity index (χ0n) is 17.9. The lowest BCUT2D eigenvalue weighted by Crippen LogP contribution is -2.14. The van der Waals surface area contributed by atoms with Crippen LogP contribution in [0, 0.1) is 0 Å². The summed E-state index contributed by atoms with van der Waals surface area (Å²) in [7, 11) is -4.20. The maximum absolute atomic E-state index is 12.8. The highest BCUT2D eigenvalue weighted by atomic mass is 35.5. The molecule has 13 heteroatoms. The molecule has 0 unspecified atom stereocenters. The van der Waals surface area contributed by atoms with Crippen molar-refractivity contribution in [3.63, 3.8) is 0 Å². The molecule has 0 fully saturated rings. The van der Waals surface area contributed by atoms with Gasteiger partial charge in [-0.2, -0.15) is 13.2 Å². The number of benzene rings is 2. The van der Waals surface area contributed by atoms with Gasteiger partial charge in [0.1, 0.15) is 11.5 Å². The molecule has 0 atom stereocenters. The van der Waals surface area contributed by atoms with Gasteiger partial charge in [-0.1, -0.05) is 18.5 Å². The largest absolute Gasteiger partial charge is 0.455 e. The summed E-state index contributed by atoms with van der Waals surface area (Å²) in [6.45, 7) is 1.82. The van der Waals surface area contributed by atoms with E-state index in [0.29, 0.717) is 35.2 Å². The predicted octanol–water partition coefficient (Wildman–Crippen LogP) is 5.96. The summed E-state index contributed by atoms with van der Waals surface area (Å²) in [4.78, 5) is 3.61. The smallest absolute Gasteiger partial charge is 0.416 e. The van der Waals surface area contributed by atoms with Crippen molar-refractivity contribution in [2.75, 3.05) is 4.72 Å². The third-order valence-electron chi connectivity index (χ3n) is 4.63. The third-order valence-corrected chi connectivity index (χ3v) is 6.23. The van der Waals surface area contributed by atoms with Crippen LogP contribution >= 0.6 is 11.6 Å². The maximum Gasteiger partial charge on any atom is 0.416 e. The predicted molar refractivity (Wildman–Crippen MR) is 121 cm³/mol. The number of halogens is 4. The second-order valence-electron chi connectivity index (χ2n) is 7.13. The summed E-state index contributed by atoms with van der Waals surface area (Å²) < 4.78 is 77.8. The average Bonchev–Trinajstić information content (AvgIpc) is 3.29. The van der Waals surface area contributed by atoms with Gasteiger partial charge >= 0.3 is 6.18 Å². The van der Waals surface area contributed by atoms with Crippen LogP contribution in [-0.2, 0) is 22.6 Å². The van der Waals surface area contributed by atoms with Crippen molar-refractivity contribution in [3.8, 4) is 23.0 Å².